The van der Waals surface area contributed by atoms with Gasteiger partial charge in [-0.15, -0.1) is 0 Å². The summed E-state index contributed by atoms with van der Waals surface area (Å²) in [7, 11) is 0. The summed E-state index contributed by atoms with van der Waals surface area (Å²) in [5, 5.41) is 10.0. The molecule has 0 amide bonds. The number of carbonyl (C=O) groups excluding carboxylic acids is 1. The van der Waals surface area contributed by atoms with Crippen LogP contribution in [-0.4, -0.2) is 17.1 Å². The third-order valence-corrected chi connectivity index (χ3v) is 4.72. The van der Waals surface area contributed by atoms with E-state index in [0.29, 0.717) is 19.3 Å². The molecule has 1 N–H and O–H groups in total. The van der Waals surface area contributed by atoms with Gasteiger partial charge in [-0.25, -0.2) is 0 Å². The second-order valence-electron chi connectivity index (χ2n) is 6.76. The van der Waals surface area contributed by atoms with Gasteiger partial charge in [-0.1, -0.05) is 40.0 Å². The second-order valence-corrected chi connectivity index (χ2v) is 6.76. The maximum atomic E-state index is 12.8. The normalized spacial score (nSPS) is 20.4. The molecule has 0 aromatic rings. The van der Waals surface area contributed by atoms with Crippen LogP contribution in [0.5, 0.6) is 0 Å². The fraction of sp³-hybridized carbons (Fsp3) is 0.812. The first-order chi connectivity index (χ1) is 9.52. The quantitative estimate of drug-likeness (QED) is 0.550. The molecule has 1 fully saturated rings. The maximum absolute atomic E-state index is 12.8. The average molecular weight is 306 g/mol. The number of allylic oxidation sites excluding steroid dienone is 2. The van der Waals surface area contributed by atoms with Crippen molar-refractivity contribution in [1.82, 2.24) is 0 Å². The lowest BCUT2D eigenvalue weighted by molar-refractivity contribution is -0.169. The van der Waals surface area contributed by atoms with Gasteiger partial charge in [0.2, 0.25) is 0 Å². The molecule has 0 unspecified atom stereocenters. The van der Waals surface area contributed by atoms with E-state index < -0.39 is 29.2 Å². The monoisotopic (exact) mass is 306 g/mol. The number of halogens is 3. The molecular weight excluding hydrogens is 281 g/mol. The molecule has 0 bridgehead atoms. The second kappa shape index (κ2) is 6.41. The van der Waals surface area contributed by atoms with Crippen molar-refractivity contribution in [3.8, 4) is 0 Å². The molecule has 0 atom stereocenters. The summed E-state index contributed by atoms with van der Waals surface area (Å²) < 4.78 is 38.5. The van der Waals surface area contributed by atoms with Gasteiger partial charge >= 0.3 is 6.18 Å². The van der Waals surface area contributed by atoms with E-state index >= 15 is 0 Å². The molecule has 0 saturated heterocycles. The number of alkyl halides is 3. The largest absolute Gasteiger partial charge is 0.512 e. The molecule has 0 aromatic heterocycles. The highest BCUT2D eigenvalue weighted by Gasteiger charge is 2.47. The summed E-state index contributed by atoms with van der Waals surface area (Å²) in [5.74, 6) is -0.694. The van der Waals surface area contributed by atoms with E-state index in [9.17, 15) is 23.1 Å². The van der Waals surface area contributed by atoms with E-state index in [4.69, 9.17) is 0 Å². The van der Waals surface area contributed by atoms with E-state index in [0.717, 1.165) is 12.5 Å². The number of hydrogen-bond donors (Lipinski definition) is 1. The summed E-state index contributed by atoms with van der Waals surface area (Å²) in [5.41, 5.74) is -1.97. The van der Waals surface area contributed by atoms with Crippen LogP contribution in [0.2, 0.25) is 0 Å². The predicted molar refractivity (Wildman–Crippen MR) is 76.0 cm³/mol. The van der Waals surface area contributed by atoms with Gasteiger partial charge in [-0.3, -0.25) is 4.79 Å². The number of ketones is 1. The smallest absolute Gasteiger partial charge is 0.390 e. The molecule has 1 aliphatic carbocycles. The van der Waals surface area contributed by atoms with Crippen LogP contribution in [0.4, 0.5) is 13.2 Å². The Morgan fingerprint density at radius 2 is 1.71 bits per heavy atom. The standard InChI is InChI=1S/C16H25F3O2/c1-4-14(2,3)12(20)10-13(21)15(11-16(17,18)19)8-6-5-7-9-15/h10,20H,4-9,11H2,1-3H3/b12-10-. The van der Waals surface area contributed by atoms with Crippen molar-refractivity contribution >= 4 is 5.78 Å². The Balaban J connectivity index is 3.04. The maximum Gasteiger partial charge on any atom is 0.390 e. The van der Waals surface area contributed by atoms with Crippen molar-refractivity contribution < 1.29 is 23.1 Å². The van der Waals surface area contributed by atoms with Crippen molar-refractivity contribution in [1.29, 1.82) is 0 Å². The first-order valence-electron chi connectivity index (χ1n) is 7.55. The van der Waals surface area contributed by atoms with Gasteiger partial charge in [0.05, 0.1) is 6.42 Å². The van der Waals surface area contributed by atoms with Gasteiger partial charge < -0.3 is 5.11 Å². The Labute approximate surface area is 124 Å². The third-order valence-electron chi connectivity index (χ3n) is 4.72. The van der Waals surface area contributed by atoms with Gasteiger partial charge in [0.1, 0.15) is 5.76 Å². The molecule has 0 radical (unpaired) electrons. The lowest BCUT2D eigenvalue weighted by Crippen LogP contribution is -2.37. The number of rotatable bonds is 5. The number of hydrogen-bond acceptors (Lipinski definition) is 2. The van der Waals surface area contributed by atoms with Crippen molar-refractivity contribution in [2.24, 2.45) is 10.8 Å². The van der Waals surface area contributed by atoms with Crippen LogP contribution in [0.1, 0.15) is 65.7 Å². The number of aliphatic hydroxyl groups excluding tert-OH is 1. The van der Waals surface area contributed by atoms with Crippen molar-refractivity contribution in [2.45, 2.75) is 71.9 Å². The van der Waals surface area contributed by atoms with Crippen LogP contribution < -0.4 is 0 Å². The molecule has 0 spiro atoms. The summed E-state index contributed by atoms with van der Waals surface area (Å²) in [6.07, 6.45) is -1.17. The van der Waals surface area contributed by atoms with E-state index in [1.165, 1.54) is 0 Å². The predicted octanol–water partition coefficient (Wildman–Crippen LogP) is 5.34. The minimum Gasteiger partial charge on any atom is -0.512 e. The Morgan fingerprint density at radius 1 is 1.19 bits per heavy atom. The van der Waals surface area contributed by atoms with Crippen LogP contribution in [-0.2, 0) is 4.79 Å². The fourth-order valence-corrected chi connectivity index (χ4v) is 2.78. The molecule has 1 rings (SSSR count). The lowest BCUT2D eigenvalue weighted by atomic mass is 9.68. The molecule has 0 heterocycles. The van der Waals surface area contributed by atoms with Gasteiger partial charge in [-0.05, 0) is 19.3 Å². The Kier molecular flexibility index (Phi) is 5.51. The summed E-state index contributed by atoms with van der Waals surface area (Å²) >= 11 is 0. The van der Waals surface area contributed by atoms with Crippen LogP contribution in [0.15, 0.2) is 11.8 Å². The van der Waals surface area contributed by atoms with Crippen LogP contribution in [0, 0.1) is 10.8 Å². The Bertz CT molecular complexity index is 402. The summed E-state index contributed by atoms with van der Waals surface area (Å²) in [6.45, 7) is 5.40. The molecule has 1 saturated carbocycles. The van der Waals surface area contributed by atoms with Gasteiger partial charge in [0.15, 0.2) is 5.78 Å². The molecule has 122 valence electrons. The molecule has 2 nitrogen and oxygen atoms in total. The van der Waals surface area contributed by atoms with Crippen molar-refractivity contribution in [3.63, 3.8) is 0 Å². The minimum atomic E-state index is -4.36. The van der Waals surface area contributed by atoms with E-state index in [1.807, 2.05) is 6.92 Å². The summed E-state index contributed by atoms with van der Waals surface area (Å²) in [4.78, 5) is 12.4. The SMILES string of the molecule is CCC(C)(C)/C(O)=C/C(=O)C1(CC(F)(F)F)CCCCC1. The first kappa shape index (κ1) is 18.1. The van der Waals surface area contributed by atoms with Gasteiger partial charge in [-0.2, -0.15) is 13.2 Å². The van der Waals surface area contributed by atoms with Crippen LogP contribution in [0.25, 0.3) is 0 Å². The van der Waals surface area contributed by atoms with E-state index in [2.05, 4.69) is 0 Å². The topological polar surface area (TPSA) is 37.3 Å². The van der Waals surface area contributed by atoms with Crippen molar-refractivity contribution in [3.05, 3.63) is 11.8 Å². The zero-order chi connectivity index (χ0) is 16.3. The zero-order valence-corrected chi connectivity index (χ0v) is 13.0. The molecule has 1 aliphatic rings. The lowest BCUT2D eigenvalue weighted by Gasteiger charge is -2.36. The molecule has 0 aliphatic heterocycles. The highest BCUT2D eigenvalue weighted by atomic mass is 19.4. The zero-order valence-electron chi connectivity index (χ0n) is 13.0. The number of aliphatic hydroxyl groups is 1. The number of carbonyl (C=O) groups is 1. The summed E-state index contributed by atoms with van der Waals surface area (Å²) in [6, 6.07) is 0. The van der Waals surface area contributed by atoms with E-state index in [-0.39, 0.29) is 18.6 Å². The molecule has 0 aromatic carbocycles. The molecular formula is C16H25F3O2. The Hall–Kier alpha value is -1.00. The van der Waals surface area contributed by atoms with Gasteiger partial charge in [0.25, 0.3) is 0 Å². The minimum absolute atomic E-state index is 0.123. The van der Waals surface area contributed by atoms with Crippen molar-refractivity contribution in [2.75, 3.05) is 0 Å². The van der Waals surface area contributed by atoms with E-state index in [1.54, 1.807) is 13.8 Å². The highest BCUT2D eigenvalue weighted by molar-refractivity contribution is 5.95. The Morgan fingerprint density at radius 3 is 2.14 bits per heavy atom. The molecule has 5 heteroatoms. The highest BCUT2D eigenvalue weighted by Crippen LogP contribution is 2.46. The average Bonchev–Trinajstić information content (AvgIpc) is 2.37. The fourth-order valence-electron chi connectivity index (χ4n) is 2.78. The van der Waals surface area contributed by atoms with Crippen LogP contribution >= 0.6 is 0 Å². The molecule has 21 heavy (non-hydrogen) atoms. The van der Waals surface area contributed by atoms with Gasteiger partial charge in [0, 0.05) is 16.9 Å². The van der Waals surface area contributed by atoms with Crippen LogP contribution in [0.3, 0.4) is 0 Å². The first-order valence-corrected chi connectivity index (χ1v) is 7.55. The third kappa shape index (κ3) is 4.75.